The molecule has 3 aromatic rings. The van der Waals surface area contributed by atoms with Gasteiger partial charge in [-0.2, -0.15) is 4.99 Å². The van der Waals surface area contributed by atoms with Crippen molar-refractivity contribution in [1.29, 1.82) is 0 Å². The van der Waals surface area contributed by atoms with Crippen molar-refractivity contribution in [3.8, 4) is 5.75 Å². The van der Waals surface area contributed by atoms with Crippen LogP contribution in [0, 0.1) is 0 Å². The topological polar surface area (TPSA) is 76.0 Å². The molecule has 0 spiro atoms. The molecule has 35 heavy (non-hydrogen) atoms. The largest absolute Gasteiger partial charge is 0.489 e. The second-order valence-corrected chi connectivity index (χ2v) is 12.3. The molecule has 0 N–H and O–H groups in total. The number of ether oxygens (including phenoxy) is 1. The van der Waals surface area contributed by atoms with Gasteiger partial charge >= 0.3 is 0 Å². The minimum atomic E-state index is -3.14. The first-order valence-corrected chi connectivity index (χ1v) is 14.2. The summed E-state index contributed by atoms with van der Waals surface area (Å²) in [6.07, 6.45) is 0.148. The van der Waals surface area contributed by atoms with E-state index in [9.17, 15) is 13.2 Å². The number of anilines is 1. The number of hydrogen-bond acceptors (Lipinski definition) is 5. The predicted molar refractivity (Wildman–Crippen MR) is 141 cm³/mol. The summed E-state index contributed by atoms with van der Waals surface area (Å²) in [5, 5.41) is 0.984. The van der Waals surface area contributed by atoms with Gasteiger partial charge in [0.2, 0.25) is 0 Å². The monoisotopic (exact) mass is 526 g/mol. The first-order chi connectivity index (χ1) is 16.9. The van der Waals surface area contributed by atoms with E-state index in [0.717, 1.165) is 16.8 Å². The maximum atomic E-state index is 12.8. The van der Waals surface area contributed by atoms with Gasteiger partial charge in [-0.15, -0.1) is 0 Å². The number of aliphatic imine (C=N–C) groups is 1. The summed E-state index contributed by atoms with van der Waals surface area (Å²) in [5.41, 5.74) is 2.67. The molecule has 2 aliphatic heterocycles. The Bertz CT molecular complexity index is 1340. The third-order valence-corrected chi connectivity index (χ3v) is 9.38. The number of rotatable bonds is 6. The molecule has 2 aliphatic rings. The van der Waals surface area contributed by atoms with Gasteiger partial charge in [0.25, 0.3) is 5.91 Å². The molecular formula is C26H23ClN2O4S2. The number of halogens is 1. The molecule has 2 saturated heterocycles. The first kappa shape index (κ1) is 23.9. The molecule has 0 aliphatic carbocycles. The Labute approximate surface area is 213 Å². The highest BCUT2D eigenvalue weighted by atomic mass is 35.5. The Balaban J connectivity index is 1.35. The molecule has 0 unspecified atom stereocenters. The zero-order valence-electron chi connectivity index (χ0n) is 18.7. The van der Waals surface area contributed by atoms with Crippen molar-refractivity contribution < 1.29 is 17.9 Å². The van der Waals surface area contributed by atoms with Crippen LogP contribution in [0.4, 0.5) is 5.69 Å². The van der Waals surface area contributed by atoms with Crippen LogP contribution < -0.4 is 9.64 Å². The van der Waals surface area contributed by atoms with Crippen molar-refractivity contribution in [1.82, 2.24) is 0 Å². The van der Waals surface area contributed by atoms with Crippen LogP contribution in [0.1, 0.15) is 11.1 Å². The lowest BCUT2D eigenvalue weighted by Gasteiger charge is -2.24. The third kappa shape index (κ3) is 5.72. The number of carbonyl (C=O) groups excluding carboxylic acids is 1. The van der Waals surface area contributed by atoms with Gasteiger partial charge in [-0.25, -0.2) is 8.42 Å². The van der Waals surface area contributed by atoms with Gasteiger partial charge < -0.3 is 9.64 Å². The average Bonchev–Trinajstić information content (AvgIpc) is 3.30. The van der Waals surface area contributed by atoms with E-state index in [1.54, 1.807) is 24.3 Å². The summed E-state index contributed by atoms with van der Waals surface area (Å²) in [6, 6.07) is 24.2. The smallest absolute Gasteiger partial charge is 0.252 e. The molecule has 0 saturated carbocycles. The summed E-state index contributed by atoms with van der Waals surface area (Å²) in [4.78, 5) is 19.0. The zero-order valence-corrected chi connectivity index (χ0v) is 21.1. The molecule has 0 aromatic heterocycles. The fourth-order valence-electron chi connectivity index (χ4n) is 4.23. The fraction of sp³-hybridized carbons (Fsp3) is 0.231. The van der Waals surface area contributed by atoms with Gasteiger partial charge in [0, 0.05) is 16.0 Å². The lowest BCUT2D eigenvalue weighted by molar-refractivity contribution is -0.117. The molecule has 3 aromatic carbocycles. The van der Waals surface area contributed by atoms with Crippen LogP contribution in [-0.2, 0) is 27.7 Å². The Kier molecular flexibility index (Phi) is 6.86. The van der Waals surface area contributed by atoms with Crippen molar-refractivity contribution in [2.75, 3.05) is 16.4 Å². The van der Waals surface area contributed by atoms with Crippen LogP contribution in [0.15, 0.2) is 83.9 Å². The van der Waals surface area contributed by atoms with E-state index in [1.165, 1.54) is 11.8 Å². The van der Waals surface area contributed by atoms with E-state index in [-0.39, 0.29) is 35.1 Å². The second-order valence-electron chi connectivity index (χ2n) is 8.53. The summed E-state index contributed by atoms with van der Waals surface area (Å²) in [6.45, 7) is 0.453. The SMILES string of the molecule is O=C(Cc1ccc(Cl)cc1)N=C1S[C@@H]2CS(=O)(=O)C[C@@H]2N1c1ccc(OCc2ccccc2)cc1. The highest BCUT2D eigenvalue weighted by Gasteiger charge is 2.49. The van der Waals surface area contributed by atoms with Crippen LogP contribution in [0.3, 0.4) is 0 Å². The van der Waals surface area contributed by atoms with Crippen LogP contribution in [0.5, 0.6) is 5.75 Å². The molecule has 180 valence electrons. The van der Waals surface area contributed by atoms with Crippen LogP contribution in [0.25, 0.3) is 0 Å². The Hall–Kier alpha value is -2.81. The summed E-state index contributed by atoms with van der Waals surface area (Å²) in [7, 11) is -3.14. The Morgan fingerprint density at radius 2 is 1.69 bits per heavy atom. The highest BCUT2D eigenvalue weighted by Crippen LogP contribution is 2.41. The normalized spacial score (nSPS) is 21.7. The van der Waals surface area contributed by atoms with E-state index in [4.69, 9.17) is 16.3 Å². The average molecular weight is 527 g/mol. The van der Waals surface area contributed by atoms with E-state index < -0.39 is 9.84 Å². The van der Waals surface area contributed by atoms with Gasteiger partial charge in [-0.3, -0.25) is 4.79 Å². The number of hydrogen-bond donors (Lipinski definition) is 0. The third-order valence-electron chi connectivity index (χ3n) is 5.92. The standard InChI is InChI=1S/C26H23ClN2O4S2/c27-20-8-6-18(7-9-20)14-25(30)28-26-29(23-16-35(31,32)17-24(23)34-26)21-10-12-22(13-11-21)33-15-19-4-2-1-3-5-19/h1-13,23-24H,14-17H2/t23-,24+/m0/s1. The van der Waals surface area contributed by atoms with E-state index >= 15 is 0 Å². The Morgan fingerprint density at radius 3 is 2.40 bits per heavy atom. The van der Waals surface area contributed by atoms with Gasteiger partial charge in [0.15, 0.2) is 15.0 Å². The van der Waals surface area contributed by atoms with Crippen molar-refractivity contribution >= 4 is 50.0 Å². The van der Waals surface area contributed by atoms with Gasteiger partial charge in [-0.05, 0) is 47.5 Å². The first-order valence-electron chi connectivity index (χ1n) is 11.2. The molecule has 5 rings (SSSR count). The molecule has 2 heterocycles. The quantitative estimate of drug-likeness (QED) is 0.461. The van der Waals surface area contributed by atoms with Gasteiger partial charge in [0.1, 0.15) is 12.4 Å². The molecule has 0 radical (unpaired) electrons. The zero-order chi connectivity index (χ0) is 24.4. The maximum absolute atomic E-state index is 12.8. The number of amidine groups is 1. The number of thioether (sulfide) groups is 1. The number of sulfone groups is 1. The Morgan fingerprint density at radius 1 is 0.971 bits per heavy atom. The number of benzene rings is 3. The molecule has 2 fully saturated rings. The molecule has 9 heteroatoms. The number of carbonyl (C=O) groups is 1. The maximum Gasteiger partial charge on any atom is 0.252 e. The van der Waals surface area contributed by atoms with E-state index in [0.29, 0.717) is 22.5 Å². The minimum absolute atomic E-state index is 0.0430. The highest BCUT2D eigenvalue weighted by molar-refractivity contribution is 8.16. The lowest BCUT2D eigenvalue weighted by Crippen LogP contribution is -2.37. The minimum Gasteiger partial charge on any atom is -0.489 e. The summed E-state index contributed by atoms with van der Waals surface area (Å²) < 4.78 is 30.5. The molecule has 1 amide bonds. The van der Waals surface area contributed by atoms with E-state index in [1.807, 2.05) is 59.5 Å². The van der Waals surface area contributed by atoms with Crippen molar-refractivity contribution in [2.24, 2.45) is 4.99 Å². The van der Waals surface area contributed by atoms with Crippen molar-refractivity contribution in [2.45, 2.75) is 24.3 Å². The van der Waals surface area contributed by atoms with Gasteiger partial charge in [0.05, 0.1) is 24.0 Å². The van der Waals surface area contributed by atoms with Crippen LogP contribution >= 0.6 is 23.4 Å². The van der Waals surface area contributed by atoms with Crippen molar-refractivity contribution in [3.05, 3.63) is 95.0 Å². The molecular weight excluding hydrogens is 504 g/mol. The number of amides is 1. The van der Waals surface area contributed by atoms with Gasteiger partial charge in [-0.1, -0.05) is 65.8 Å². The summed E-state index contributed by atoms with van der Waals surface area (Å²) >= 11 is 7.29. The van der Waals surface area contributed by atoms with E-state index in [2.05, 4.69) is 4.99 Å². The van der Waals surface area contributed by atoms with Crippen LogP contribution in [0.2, 0.25) is 5.02 Å². The van der Waals surface area contributed by atoms with Crippen LogP contribution in [-0.4, -0.2) is 42.3 Å². The molecule has 2 atom stereocenters. The lowest BCUT2D eigenvalue weighted by atomic mass is 10.1. The predicted octanol–water partition coefficient (Wildman–Crippen LogP) is 4.76. The molecule has 6 nitrogen and oxygen atoms in total. The molecule has 0 bridgehead atoms. The second kappa shape index (κ2) is 10.0. The number of nitrogens with zero attached hydrogens (tertiary/aromatic N) is 2. The number of fused-ring (bicyclic) bond motifs is 1. The summed E-state index contributed by atoms with van der Waals surface area (Å²) in [5.74, 6) is 0.547. The fourth-order valence-corrected chi connectivity index (χ4v) is 8.29. The van der Waals surface area contributed by atoms with Crippen molar-refractivity contribution in [3.63, 3.8) is 0 Å².